The molecule has 0 aliphatic carbocycles. The summed E-state index contributed by atoms with van der Waals surface area (Å²) >= 11 is 0. The van der Waals surface area contributed by atoms with Crippen molar-refractivity contribution in [3.8, 4) is 11.5 Å². The van der Waals surface area contributed by atoms with Gasteiger partial charge in [-0.1, -0.05) is 0 Å². The minimum atomic E-state index is 0. The SMILES string of the molecule is Cl.NCC1CCCN1C(=O)c1ccc2c(c1)OCCCO2. The van der Waals surface area contributed by atoms with Gasteiger partial charge in [-0.05, 0) is 31.0 Å². The fourth-order valence-electron chi connectivity index (χ4n) is 2.81. The van der Waals surface area contributed by atoms with Crippen molar-refractivity contribution < 1.29 is 14.3 Å². The lowest BCUT2D eigenvalue weighted by atomic mass is 10.1. The van der Waals surface area contributed by atoms with Crippen LogP contribution in [0.4, 0.5) is 0 Å². The van der Waals surface area contributed by atoms with Crippen LogP contribution in [0.25, 0.3) is 0 Å². The van der Waals surface area contributed by atoms with E-state index in [1.807, 2.05) is 17.0 Å². The Kier molecular flexibility index (Phi) is 5.31. The van der Waals surface area contributed by atoms with Gasteiger partial charge in [-0.15, -0.1) is 12.4 Å². The van der Waals surface area contributed by atoms with Gasteiger partial charge in [-0.2, -0.15) is 0 Å². The zero-order valence-corrected chi connectivity index (χ0v) is 12.7. The topological polar surface area (TPSA) is 64.8 Å². The fraction of sp³-hybridized carbons (Fsp3) is 0.533. The van der Waals surface area contributed by atoms with Gasteiger partial charge >= 0.3 is 0 Å². The number of ether oxygens (including phenoxy) is 2. The maximum Gasteiger partial charge on any atom is 0.254 e. The maximum absolute atomic E-state index is 12.6. The highest BCUT2D eigenvalue weighted by Crippen LogP contribution is 2.31. The molecule has 2 aliphatic rings. The van der Waals surface area contributed by atoms with Gasteiger partial charge in [0.1, 0.15) is 0 Å². The van der Waals surface area contributed by atoms with Crippen molar-refractivity contribution in [1.82, 2.24) is 4.90 Å². The van der Waals surface area contributed by atoms with E-state index in [0.717, 1.165) is 31.6 Å². The molecule has 1 saturated heterocycles. The molecule has 1 fully saturated rings. The summed E-state index contributed by atoms with van der Waals surface area (Å²) < 4.78 is 11.2. The van der Waals surface area contributed by atoms with Gasteiger partial charge in [-0.25, -0.2) is 0 Å². The molecular formula is C15H21ClN2O3. The maximum atomic E-state index is 12.6. The quantitative estimate of drug-likeness (QED) is 0.905. The summed E-state index contributed by atoms with van der Waals surface area (Å²) in [7, 11) is 0. The lowest BCUT2D eigenvalue weighted by Gasteiger charge is -2.23. The molecule has 1 atom stereocenters. The summed E-state index contributed by atoms with van der Waals surface area (Å²) in [6, 6.07) is 5.58. The minimum Gasteiger partial charge on any atom is -0.490 e. The Morgan fingerprint density at radius 2 is 2.00 bits per heavy atom. The van der Waals surface area contributed by atoms with Gasteiger partial charge in [-0.3, -0.25) is 4.79 Å². The lowest BCUT2D eigenvalue weighted by Crippen LogP contribution is -2.39. The van der Waals surface area contributed by atoms with E-state index in [1.165, 1.54) is 0 Å². The molecule has 5 nitrogen and oxygen atoms in total. The number of carbonyl (C=O) groups excluding carboxylic acids is 1. The third kappa shape index (κ3) is 3.24. The van der Waals surface area contributed by atoms with E-state index in [-0.39, 0.29) is 24.4 Å². The van der Waals surface area contributed by atoms with Crippen molar-refractivity contribution in [2.45, 2.75) is 25.3 Å². The Morgan fingerprint density at radius 1 is 1.24 bits per heavy atom. The van der Waals surface area contributed by atoms with Crippen molar-refractivity contribution in [3.63, 3.8) is 0 Å². The molecule has 0 saturated carbocycles. The molecule has 116 valence electrons. The first-order valence-corrected chi connectivity index (χ1v) is 7.20. The number of hydrogen-bond donors (Lipinski definition) is 1. The van der Waals surface area contributed by atoms with Crippen molar-refractivity contribution in [2.75, 3.05) is 26.3 Å². The smallest absolute Gasteiger partial charge is 0.254 e. The first kappa shape index (κ1) is 15.9. The Labute approximate surface area is 130 Å². The second kappa shape index (κ2) is 7.00. The standard InChI is InChI=1S/C15H20N2O3.ClH/c16-10-12-3-1-6-17(12)15(18)11-4-5-13-14(9-11)20-8-2-7-19-13;/h4-5,9,12H,1-3,6-8,10,16H2;1H. The summed E-state index contributed by atoms with van der Waals surface area (Å²) in [5, 5.41) is 0. The van der Waals surface area contributed by atoms with Crippen molar-refractivity contribution in [3.05, 3.63) is 23.8 Å². The van der Waals surface area contributed by atoms with Crippen LogP contribution in [0.5, 0.6) is 11.5 Å². The second-order valence-electron chi connectivity index (χ2n) is 5.24. The van der Waals surface area contributed by atoms with E-state index in [4.69, 9.17) is 15.2 Å². The van der Waals surface area contributed by atoms with Crippen LogP contribution in [-0.2, 0) is 0 Å². The number of carbonyl (C=O) groups is 1. The average molecular weight is 313 g/mol. The van der Waals surface area contributed by atoms with Gasteiger partial charge in [0.15, 0.2) is 11.5 Å². The Hall–Kier alpha value is -1.46. The van der Waals surface area contributed by atoms with E-state index in [0.29, 0.717) is 31.1 Å². The van der Waals surface area contributed by atoms with Gasteiger partial charge in [0.05, 0.1) is 13.2 Å². The van der Waals surface area contributed by atoms with Crippen LogP contribution in [0.15, 0.2) is 18.2 Å². The largest absolute Gasteiger partial charge is 0.490 e. The van der Waals surface area contributed by atoms with Crippen LogP contribution >= 0.6 is 12.4 Å². The molecule has 0 spiro atoms. The summed E-state index contributed by atoms with van der Waals surface area (Å²) in [6.45, 7) is 2.59. The number of hydrogen-bond acceptors (Lipinski definition) is 4. The number of rotatable bonds is 2. The Morgan fingerprint density at radius 3 is 2.76 bits per heavy atom. The van der Waals surface area contributed by atoms with E-state index in [1.54, 1.807) is 6.07 Å². The van der Waals surface area contributed by atoms with Crippen LogP contribution in [0, 0.1) is 0 Å². The molecule has 21 heavy (non-hydrogen) atoms. The molecular weight excluding hydrogens is 292 g/mol. The molecule has 2 heterocycles. The zero-order chi connectivity index (χ0) is 13.9. The van der Waals surface area contributed by atoms with Gasteiger partial charge in [0.25, 0.3) is 5.91 Å². The number of likely N-dealkylation sites (tertiary alicyclic amines) is 1. The molecule has 0 aromatic heterocycles. The number of nitrogens with zero attached hydrogens (tertiary/aromatic N) is 1. The summed E-state index contributed by atoms with van der Waals surface area (Å²) in [6.07, 6.45) is 2.88. The molecule has 2 N–H and O–H groups in total. The predicted octanol–water partition coefficient (Wildman–Crippen LogP) is 1.83. The summed E-state index contributed by atoms with van der Waals surface area (Å²) in [4.78, 5) is 14.4. The van der Waals surface area contributed by atoms with E-state index in [9.17, 15) is 4.79 Å². The summed E-state index contributed by atoms with van der Waals surface area (Å²) in [5.74, 6) is 1.42. The fourth-order valence-corrected chi connectivity index (χ4v) is 2.81. The average Bonchev–Trinajstić information content (AvgIpc) is 2.83. The molecule has 0 bridgehead atoms. The first-order chi connectivity index (χ1) is 9.79. The van der Waals surface area contributed by atoms with Crippen molar-refractivity contribution >= 4 is 18.3 Å². The van der Waals surface area contributed by atoms with Crippen LogP contribution in [-0.4, -0.2) is 43.2 Å². The van der Waals surface area contributed by atoms with Gasteiger partial charge in [0.2, 0.25) is 0 Å². The monoisotopic (exact) mass is 312 g/mol. The van der Waals surface area contributed by atoms with Crippen LogP contribution in [0.1, 0.15) is 29.6 Å². The third-order valence-electron chi connectivity index (χ3n) is 3.90. The second-order valence-corrected chi connectivity index (χ2v) is 5.24. The molecule has 1 aromatic rings. The highest BCUT2D eigenvalue weighted by Gasteiger charge is 2.28. The van der Waals surface area contributed by atoms with Crippen molar-refractivity contribution in [1.29, 1.82) is 0 Å². The molecule has 1 unspecified atom stereocenters. The van der Waals surface area contributed by atoms with Crippen LogP contribution in [0.3, 0.4) is 0 Å². The Bertz CT molecular complexity index is 510. The van der Waals surface area contributed by atoms with E-state index >= 15 is 0 Å². The number of benzene rings is 1. The number of amides is 1. The highest BCUT2D eigenvalue weighted by molar-refractivity contribution is 5.95. The lowest BCUT2D eigenvalue weighted by molar-refractivity contribution is 0.0740. The highest BCUT2D eigenvalue weighted by atomic mass is 35.5. The molecule has 6 heteroatoms. The Balaban J connectivity index is 0.00000161. The van der Waals surface area contributed by atoms with Crippen molar-refractivity contribution in [2.24, 2.45) is 5.73 Å². The number of fused-ring (bicyclic) bond motifs is 1. The number of halogens is 1. The molecule has 1 amide bonds. The molecule has 0 radical (unpaired) electrons. The normalized spacial score (nSPS) is 20.6. The molecule has 3 rings (SSSR count). The minimum absolute atomic E-state index is 0. The molecule has 1 aromatic carbocycles. The van der Waals surface area contributed by atoms with Gasteiger partial charge in [0, 0.05) is 31.1 Å². The zero-order valence-electron chi connectivity index (χ0n) is 11.9. The first-order valence-electron chi connectivity index (χ1n) is 7.20. The van der Waals surface area contributed by atoms with Crippen LogP contribution in [0.2, 0.25) is 0 Å². The van der Waals surface area contributed by atoms with Crippen LogP contribution < -0.4 is 15.2 Å². The molecule has 2 aliphatic heterocycles. The van der Waals surface area contributed by atoms with E-state index in [2.05, 4.69) is 0 Å². The third-order valence-corrected chi connectivity index (χ3v) is 3.90. The van der Waals surface area contributed by atoms with E-state index < -0.39 is 0 Å². The van der Waals surface area contributed by atoms with Gasteiger partial charge < -0.3 is 20.1 Å². The summed E-state index contributed by atoms with van der Waals surface area (Å²) in [5.41, 5.74) is 6.38. The predicted molar refractivity (Wildman–Crippen MR) is 82.4 cm³/mol. The number of nitrogens with two attached hydrogens (primary N) is 1.